The number of hydrogen-bond donors (Lipinski definition) is 0. The third-order valence-electron chi connectivity index (χ3n) is 5.02. The molecule has 1 amide bonds. The topological polar surface area (TPSA) is 29.5 Å². The van der Waals surface area contributed by atoms with Gasteiger partial charge in [-0.2, -0.15) is 0 Å². The van der Waals surface area contributed by atoms with Gasteiger partial charge in [-0.1, -0.05) is 46.7 Å². The summed E-state index contributed by atoms with van der Waals surface area (Å²) in [4.78, 5) is 16.5. The van der Waals surface area contributed by atoms with E-state index in [-0.39, 0.29) is 11.8 Å². The van der Waals surface area contributed by atoms with E-state index in [1.165, 1.54) is 4.88 Å². The largest absolute Gasteiger partial charge is 0.497 e. The molecule has 1 aromatic carbocycles. The molecule has 0 radical (unpaired) electrons. The molecule has 0 fully saturated rings. The molecule has 0 atom stereocenters. The van der Waals surface area contributed by atoms with Gasteiger partial charge >= 0.3 is 0 Å². The van der Waals surface area contributed by atoms with Gasteiger partial charge in [0.25, 0.3) is 0 Å². The Bertz CT molecular complexity index is 862. The molecule has 0 N–H and O–H groups in total. The fourth-order valence-corrected chi connectivity index (χ4v) is 6.83. The van der Waals surface area contributed by atoms with Gasteiger partial charge in [-0.05, 0) is 44.9 Å². The fraction of sp³-hybridized carbons (Fsp3) is 0.474. The molecule has 1 aromatic heterocycles. The number of methoxy groups -OCH3 is 1. The molecule has 0 saturated carbocycles. The maximum absolute atomic E-state index is 13.4. The highest BCUT2D eigenvalue weighted by Gasteiger charge is 2.44. The van der Waals surface area contributed by atoms with Crippen LogP contribution in [0.25, 0.3) is 11.1 Å². The van der Waals surface area contributed by atoms with Crippen LogP contribution in [0.5, 0.6) is 5.75 Å². The van der Waals surface area contributed by atoms with Crippen LogP contribution in [0, 0.1) is 9.74 Å². The van der Waals surface area contributed by atoms with Crippen molar-refractivity contribution in [3.8, 4) is 16.9 Å². The molecule has 1 aliphatic heterocycles. The summed E-state index contributed by atoms with van der Waals surface area (Å²) in [6.07, 6.45) is 1.69. The van der Waals surface area contributed by atoms with E-state index in [1.807, 2.05) is 23.1 Å². The maximum atomic E-state index is 13.4. The lowest BCUT2D eigenvalue weighted by Gasteiger charge is -2.44. The van der Waals surface area contributed by atoms with E-state index in [9.17, 15) is 4.79 Å². The van der Waals surface area contributed by atoms with Crippen LogP contribution in [-0.2, 0) is 10.3 Å². The predicted molar refractivity (Wildman–Crippen MR) is 110 cm³/mol. The Morgan fingerprint density at radius 3 is 2.56 bits per heavy atom. The van der Waals surface area contributed by atoms with Gasteiger partial charge in [-0.25, -0.2) is 0 Å². The molecule has 2 heterocycles. The van der Waals surface area contributed by atoms with Crippen molar-refractivity contribution in [3.05, 3.63) is 26.9 Å². The van der Waals surface area contributed by atoms with E-state index in [0.29, 0.717) is 0 Å². The van der Waals surface area contributed by atoms with Gasteiger partial charge in [0.05, 0.1) is 23.2 Å². The third kappa shape index (κ3) is 2.84. The molecule has 2 aromatic rings. The fourth-order valence-electron chi connectivity index (χ4n) is 3.55. The first kappa shape index (κ1) is 18.5. The molecule has 25 heavy (non-hydrogen) atoms. The summed E-state index contributed by atoms with van der Waals surface area (Å²) in [7, 11) is 4.96. The van der Waals surface area contributed by atoms with Gasteiger partial charge in [0.15, 0.2) is 0 Å². The van der Waals surface area contributed by atoms with Gasteiger partial charge in [0, 0.05) is 17.0 Å². The summed E-state index contributed by atoms with van der Waals surface area (Å²) in [6, 6.07) is 5.92. The van der Waals surface area contributed by atoms with Crippen molar-refractivity contribution >= 4 is 44.5 Å². The van der Waals surface area contributed by atoms with E-state index < -0.39 is 5.54 Å². The van der Waals surface area contributed by atoms with Crippen molar-refractivity contribution in [2.75, 3.05) is 12.0 Å². The zero-order valence-corrected chi connectivity index (χ0v) is 17.7. The summed E-state index contributed by atoms with van der Waals surface area (Å²) in [5.74, 6) is 1.00. The summed E-state index contributed by atoms with van der Waals surface area (Å²) in [5, 5.41) is 0. The number of hydrogen-bond acceptors (Lipinski definition) is 5. The second-order valence-electron chi connectivity index (χ2n) is 6.79. The van der Waals surface area contributed by atoms with Crippen LogP contribution in [0.1, 0.15) is 45.4 Å². The van der Waals surface area contributed by atoms with Gasteiger partial charge < -0.3 is 9.64 Å². The van der Waals surface area contributed by atoms with Gasteiger partial charge in [0.2, 0.25) is 5.91 Å². The van der Waals surface area contributed by atoms with Crippen LogP contribution < -0.4 is 9.64 Å². The third-order valence-corrected chi connectivity index (χ3v) is 8.35. The molecule has 134 valence electrons. The summed E-state index contributed by atoms with van der Waals surface area (Å²) in [6.45, 7) is 8.41. The molecule has 3 rings (SSSR count). The van der Waals surface area contributed by atoms with Crippen molar-refractivity contribution in [2.45, 2.75) is 46.1 Å². The number of amides is 1. The average molecular weight is 394 g/mol. The van der Waals surface area contributed by atoms with Crippen LogP contribution in [0.3, 0.4) is 0 Å². The Morgan fingerprint density at radius 1 is 1.28 bits per heavy atom. The van der Waals surface area contributed by atoms with E-state index in [2.05, 4.69) is 27.7 Å². The van der Waals surface area contributed by atoms with E-state index in [0.717, 1.165) is 39.2 Å². The van der Waals surface area contributed by atoms with Crippen molar-refractivity contribution in [1.29, 1.82) is 0 Å². The first-order chi connectivity index (χ1) is 11.9. The molecular formula is C19H23NO2S3. The van der Waals surface area contributed by atoms with Crippen LogP contribution >= 0.6 is 32.9 Å². The first-order valence-corrected chi connectivity index (χ1v) is 11.1. The number of nitrogens with zero attached hydrogens (tertiary/aromatic N) is 1. The van der Waals surface area contributed by atoms with Crippen LogP contribution in [-0.4, -0.2) is 13.0 Å². The number of rotatable bonds is 4. The zero-order chi connectivity index (χ0) is 18.4. The minimum atomic E-state index is -0.408. The molecular weight excluding hydrogens is 370 g/mol. The first-order valence-electron chi connectivity index (χ1n) is 8.52. The molecule has 0 spiro atoms. The maximum Gasteiger partial charge on any atom is 0.230 e. The van der Waals surface area contributed by atoms with Crippen molar-refractivity contribution < 1.29 is 9.53 Å². The van der Waals surface area contributed by atoms with Gasteiger partial charge in [0.1, 0.15) is 9.57 Å². The molecule has 3 nitrogen and oxygen atoms in total. The van der Waals surface area contributed by atoms with Gasteiger partial charge in [-0.15, -0.1) is 0 Å². The quantitative estimate of drug-likeness (QED) is 0.455. The van der Waals surface area contributed by atoms with Crippen molar-refractivity contribution in [2.24, 2.45) is 5.92 Å². The summed E-state index contributed by atoms with van der Waals surface area (Å²) in [5.41, 5.74) is 2.63. The van der Waals surface area contributed by atoms with Crippen LogP contribution in [0.2, 0.25) is 0 Å². The molecule has 6 heteroatoms. The number of anilines is 1. The highest BCUT2D eigenvalue weighted by Crippen LogP contribution is 2.53. The van der Waals surface area contributed by atoms with Crippen molar-refractivity contribution in [3.63, 3.8) is 0 Å². The van der Waals surface area contributed by atoms with E-state index in [4.69, 9.17) is 17.0 Å². The Morgan fingerprint density at radius 2 is 1.96 bits per heavy atom. The lowest BCUT2D eigenvalue weighted by atomic mass is 9.85. The minimum absolute atomic E-state index is 0.0300. The van der Waals surface area contributed by atoms with Crippen molar-refractivity contribution in [1.82, 2.24) is 0 Å². The Hall–Kier alpha value is -1.24. The van der Waals surface area contributed by atoms with Crippen LogP contribution in [0.4, 0.5) is 5.69 Å². The van der Waals surface area contributed by atoms with Gasteiger partial charge in [-0.3, -0.25) is 4.79 Å². The second kappa shape index (κ2) is 6.82. The standard InChI is InChI=1S/C19H23NO2S3/c1-6-11(7-2)17(21)20-14-9-8-12(22-5)10-13(14)15-16(19(20,3)4)24-25-18(15)23/h8-11H,6-7H2,1-5H3. The average Bonchev–Trinajstić information content (AvgIpc) is 2.98. The number of ether oxygens (including phenoxy) is 1. The number of carbonyl (C=O) groups excluding carboxylic acids is 1. The molecule has 1 aliphatic rings. The number of benzene rings is 1. The molecule has 0 aliphatic carbocycles. The molecule has 0 saturated heterocycles. The Balaban J connectivity index is 2.28. The minimum Gasteiger partial charge on any atom is -0.497 e. The highest BCUT2D eigenvalue weighted by molar-refractivity contribution is 7.80. The van der Waals surface area contributed by atoms with E-state index in [1.54, 1.807) is 27.8 Å². The Kier molecular flexibility index (Phi) is 5.06. The predicted octanol–water partition coefficient (Wildman–Crippen LogP) is 6.23. The summed E-state index contributed by atoms with van der Waals surface area (Å²) < 4.78 is 6.30. The molecule has 0 unspecified atom stereocenters. The lowest BCUT2D eigenvalue weighted by molar-refractivity contribution is -0.123. The highest BCUT2D eigenvalue weighted by atomic mass is 32.9. The monoisotopic (exact) mass is 393 g/mol. The van der Waals surface area contributed by atoms with Crippen LogP contribution in [0.15, 0.2) is 18.2 Å². The zero-order valence-electron chi connectivity index (χ0n) is 15.2. The van der Waals surface area contributed by atoms with E-state index >= 15 is 0 Å². The normalized spacial score (nSPS) is 15.0. The SMILES string of the molecule is CCC(CC)C(=O)N1c2ccc(OC)cc2-c2c(ssc2=S)C1(C)C. The second-order valence-corrected chi connectivity index (χ2v) is 9.60. The lowest BCUT2D eigenvalue weighted by Crippen LogP contribution is -2.50. The number of carbonyl (C=O) groups is 1. The molecule has 0 bridgehead atoms. The summed E-state index contributed by atoms with van der Waals surface area (Å²) >= 11 is 5.62. The smallest absolute Gasteiger partial charge is 0.230 e. The Labute approximate surface area is 161 Å². The number of fused-ring (bicyclic) bond motifs is 3.